The van der Waals surface area contributed by atoms with Crippen LogP contribution in [0.1, 0.15) is 47.0 Å². The van der Waals surface area contributed by atoms with Crippen molar-refractivity contribution in [3.63, 3.8) is 0 Å². The minimum Gasteiger partial charge on any atom is -0.354 e. The summed E-state index contributed by atoms with van der Waals surface area (Å²) in [5.41, 5.74) is 5.85. The summed E-state index contributed by atoms with van der Waals surface area (Å²) < 4.78 is 0. The molecule has 1 atom stereocenters. The summed E-state index contributed by atoms with van der Waals surface area (Å²) >= 11 is 0. The first-order chi connectivity index (χ1) is 6.37. The van der Waals surface area contributed by atoms with E-state index in [-0.39, 0.29) is 17.4 Å². The Morgan fingerprint density at radius 1 is 1.43 bits per heavy atom. The third kappa shape index (κ3) is 6.89. The van der Waals surface area contributed by atoms with Gasteiger partial charge in [-0.15, -0.1) is 0 Å². The molecule has 0 aliphatic heterocycles. The van der Waals surface area contributed by atoms with Crippen molar-refractivity contribution in [2.75, 3.05) is 6.54 Å². The summed E-state index contributed by atoms with van der Waals surface area (Å²) in [6, 6.07) is -0.336. The van der Waals surface area contributed by atoms with Gasteiger partial charge in [-0.3, -0.25) is 4.79 Å². The molecule has 0 fully saturated rings. The largest absolute Gasteiger partial charge is 0.354 e. The maximum Gasteiger partial charge on any atom is 0.236 e. The van der Waals surface area contributed by atoms with Crippen LogP contribution in [0.4, 0.5) is 0 Å². The average Bonchev–Trinajstić information content (AvgIpc) is 2.09. The summed E-state index contributed by atoms with van der Waals surface area (Å²) in [7, 11) is 0. The van der Waals surface area contributed by atoms with Crippen molar-refractivity contribution in [3.8, 4) is 0 Å². The van der Waals surface area contributed by atoms with Gasteiger partial charge in [0, 0.05) is 6.54 Å². The van der Waals surface area contributed by atoms with Crippen LogP contribution < -0.4 is 11.1 Å². The van der Waals surface area contributed by atoms with E-state index < -0.39 is 0 Å². The van der Waals surface area contributed by atoms with Crippen molar-refractivity contribution in [2.45, 2.75) is 53.0 Å². The Hall–Kier alpha value is -0.570. The second kappa shape index (κ2) is 6.02. The third-order valence-electron chi connectivity index (χ3n) is 2.00. The lowest BCUT2D eigenvalue weighted by atomic mass is 9.97. The van der Waals surface area contributed by atoms with Crippen LogP contribution in [0.5, 0.6) is 0 Å². The number of nitrogens with one attached hydrogen (secondary N) is 1. The molecular weight excluding hydrogens is 176 g/mol. The fourth-order valence-electron chi connectivity index (χ4n) is 1.04. The molecule has 0 aliphatic carbocycles. The highest BCUT2D eigenvalue weighted by molar-refractivity contribution is 5.81. The molecule has 0 rings (SSSR count). The van der Waals surface area contributed by atoms with Gasteiger partial charge >= 0.3 is 0 Å². The van der Waals surface area contributed by atoms with Gasteiger partial charge in [0.1, 0.15) is 0 Å². The molecule has 0 aliphatic rings. The monoisotopic (exact) mass is 200 g/mol. The summed E-state index contributed by atoms with van der Waals surface area (Å²) in [6.07, 6.45) is 2.89. The van der Waals surface area contributed by atoms with Crippen LogP contribution in [0, 0.1) is 5.41 Å². The van der Waals surface area contributed by atoms with Gasteiger partial charge in [-0.25, -0.2) is 0 Å². The minimum atomic E-state index is -0.336. The Kier molecular flexibility index (Phi) is 5.77. The first-order valence-corrected chi connectivity index (χ1v) is 5.40. The SMILES string of the molecule is CCCC[C@H](N)C(=O)NCC(C)(C)C. The van der Waals surface area contributed by atoms with E-state index in [2.05, 4.69) is 33.0 Å². The van der Waals surface area contributed by atoms with Crippen LogP contribution in [-0.2, 0) is 4.79 Å². The molecule has 0 aromatic heterocycles. The van der Waals surface area contributed by atoms with Gasteiger partial charge in [0.05, 0.1) is 6.04 Å². The van der Waals surface area contributed by atoms with Crippen molar-refractivity contribution in [1.82, 2.24) is 5.32 Å². The molecule has 3 N–H and O–H groups in total. The first kappa shape index (κ1) is 13.4. The van der Waals surface area contributed by atoms with E-state index >= 15 is 0 Å². The predicted molar refractivity (Wildman–Crippen MR) is 60.0 cm³/mol. The van der Waals surface area contributed by atoms with E-state index in [9.17, 15) is 4.79 Å². The predicted octanol–water partition coefficient (Wildman–Crippen LogP) is 1.67. The Morgan fingerprint density at radius 2 is 2.00 bits per heavy atom. The Balaban J connectivity index is 3.73. The zero-order valence-corrected chi connectivity index (χ0v) is 9.89. The van der Waals surface area contributed by atoms with Crippen LogP contribution in [0.25, 0.3) is 0 Å². The molecule has 1 amide bonds. The average molecular weight is 200 g/mol. The van der Waals surface area contributed by atoms with Crippen LogP contribution in [0.3, 0.4) is 0 Å². The molecule has 14 heavy (non-hydrogen) atoms. The molecule has 0 saturated carbocycles. The van der Waals surface area contributed by atoms with Crippen LogP contribution in [0.2, 0.25) is 0 Å². The van der Waals surface area contributed by atoms with Crippen LogP contribution >= 0.6 is 0 Å². The Morgan fingerprint density at radius 3 is 2.43 bits per heavy atom. The van der Waals surface area contributed by atoms with Gasteiger partial charge in [-0.1, -0.05) is 40.5 Å². The minimum absolute atomic E-state index is 0.0200. The van der Waals surface area contributed by atoms with E-state index in [4.69, 9.17) is 5.73 Å². The molecule has 0 unspecified atom stereocenters. The maximum atomic E-state index is 11.5. The Labute approximate surface area is 87.4 Å². The quantitative estimate of drug-likeness (QED) is 0.709. The van der Waals surface area contributed by atoms with E-state index in [1.807, 2.05) is 0 Å². The molecule has 0 aromatic carbocycles. The first-order valence-electron chi connectivity index (χ1n) is 5.40. The number of rotatable bonds is 5. The van der Waals surface area contributed by atoms with E-state index in [1.165, 1.54) is 0 Å². The molecule has 3 heteroatoms. The molecular formula is C11H24N2O. The zero-order chi connectivity index (χ0) is 11.2. The van der Waals surface area contributed by atoms with Crippen LogP contribution in [0.15, 0.2) is 0 Å². The zero-order valence-electron chi connectivity index (χ0n) is 9.89. The summed E-state index contributed by atoms with van der Waals surface area (Å²) in [5, 5.41) is 2.87. The number of carbonyl (C=O) groups is 1. The lowest BCUT2D eigenvalue weighted by molar-refractivity contribution is -0.122. The molecule has 0 radical (unpaired) electrons. The number of carbonyl (C=O) groups excluding carboxylic acids is 1. The number of unbranched alkanes of at least 4 members (excludes halogenated alkanes) is 1. The normalized spacial score (nSPS) is 13.8. The summed E-state index contributed by atoms with van der Waals surface area (Å²) in [6.45, 7) is 9.05. The van der Waals surface area contributed by atoms with E-state index in [1.54, 1.807) is 0 Å². The lowest BCUT2D eigenvalue weighted by Gasteiger charge is -2.20. The van der Waals surface area contributed by atoms with Crippen molar-refractivity contribution in [1.29, 1.82) is 0 Å². The maximum absolute atomic E-state index is 11.5. The highest BCUT2D eigenvalue weighted by atomic mass is 16.2. The van der Waals surface area contributed by atoms with Crippen molar-refractivity contribution >= 4 is 5.91 Å². The van der Waals surface area contributed by atoms with Gasteiger partial charge in [0.2, 0.25) is 5.91 Å². The van der Waals surface area contributed by atoms with Crippen LogP contribution in [-0.4, -0.2) is 18.5 Å². The molecule has 3 nitrogen and oxygen atoms in total. The summed E-state index contributed by atoms with van der Waals surface area (Å²) in [4.78, 5) is 11.5. The van der Waals surface area contributed by atoms with Gasteiger partial charge < -0.3 is 11.1 Å². The molecule has 84 valence electrons. The van der Waals surface area contributed by atoms with Crippen molar-refractivity contribution in [3.05, 3.63) is 0 Å². The molecule has 0 spiro atoms. The number of nitrogens with two attached hydrogens (primary N) is 1. The molecule has 0 aromatic rings. The van der Waals surface area contributed by atoms with E-state index in [0.717, 1.165) is 19.3 Å². The van der Waals surface area contributed by atoms with E-state index in [0.29, 0.717) is 6.54 Å². The standard InChI is InChI=1S/C11H24N2O/c1-5-6-7-9(12)10(14)13-8-11(2,3)4/h9H,5-8,12H2,1-4H3,(H,13,14)/t9-/m0/s1. The highest BCUT2D eigenvalue weighted by Crippen LogP contribution is 2.10. The topological polar surface area (TPSA) is 55.1 Å². The van der Waals surface area contributed by atoms with Gasteiger partial charge in [0.25, 0.3) is 0 Å². The third-order valence-corrected chi connectivity index (χ3v) is 2.00. The van der Waals surface area contributed by atoms with Gasteiger partial charge in [-0.05, 0) is 11.8 Å². The second-order valence-corrected chi connectivity index (χ2v) is 5.03. The van der Waals surface area contributed by atoms with Gasteiger partial charge in [0.15, 0.2) is 0 Å². The highest BCUT2D eigenvalue weighted by Gasteiger charge is 2.16. The fraction of sp³-hybridized carbons (Fsp3) is 0.909. The van der Waals surface area contributed by atoms with Crippen molar-refractivity contribution in [2.24, 2.45) is 11.1 Å². The lowest BCUT2D eigenvalue weighted by Crippen LogP contribution is -2.43. The van der Waals surface area contributed by atoms with Gasteiger partial charge in [-0.2, -0.15) is 0 Å². The summed E-state index contributed by atoms with van der Waals surface area (Å²) in [5.74, 6) is -0.0200. The molecule has 0 heterocycles. The number of hydrogen-bond acceptors (Lipinski definition) is 2. The van der Waals surface area contributed by atoms with Crippen molar-refractivity contribution < 1.29 is 4.79 Å². The fourth-order valence-corrected chi connectivity index (χ4v) is 1.04. The number of hydrogen-bond donors (Lipinski definition) is 2. The molecule has 0 saturated heterocycles. The Bertz CT molecular complexity index is 173. The molecule has 0 bridgehead atoms. The second-order valence-electron chi connectivity index (χ2n) is 5.03. The number of amides is 1. The smallest absolute Gasteiger partial charge is 0.236 e.